The van der Waals surface area contributed by atoms with Gasteiger partial charge in [0.2, 0.25) is 11.5 Å². The smallest absolute Gasteiger partial charge is 0.332 e. The van der Waals surface area contributed by atoms with Crippen LogP contribution in [0.4, 0.5) is 10.1 Å². The quantitative estimate of drug-likeness (QED) is 0.449. The second-order valence-corrected chi connectivity index (χ2v) is 7.58. The molecule has 0 saturated carbocycles. The van der Waals surface area contributed by atoms with Crippen molar-refractivity contribution in [3.63, 3.8) is 0 Å². The van der Waals surface area contributed by atoms with Crippen LogP contribution in [0.15, 0.2) is 92.9 Å². The van der Waals surface area contributed by atoms with Crippen LogP contribution in [0.1, 0.15) is 5.56 Å². The Bertz CT molecular complexity index is 1600. The average molecular weight is 443 g/mol. The van der Waals surface area contributed by atoms with Crippen LogP contribution in [-0.4, -0.2) is 15.0 Å². The number of nitrogens with one attached hydrogen (secondary N) is 1. The Morgan fingerprint density at radius 1 is 0.879 bits per heavy atom. The van der Waals surface area contributed by atoms with E-state index in [9.17, 15) is 18.8 Å². The molecular weight excluding hydrogens is 425 g/mol. The van der Waals surface area contributed by atoms with E-state index in [1.54, 1.807) is 36.4 Å². The maximum Gasteiger partial charge on any atom is 0.332 e. The minimum Gasteiger partial charge on any atom is -0.449 e. The molecule has 164 valence electrons. The number of halogens is 1. The Kier molecular flexibility index (Phi) is 5.10. The molecule has 2 aromatic heterocycles. The van der Waals surface area contributed by atoms with Gasteiger partial charge in [0, 0.05) is 11.1 Å². The van der Waals surface area contributed by atoms with Crippen LogP contribution >= 0.6 is 0 Å². The van der Waals surface area contributed by atoms with Gasteiger partial charge in [-0.3, -0.25) is 18.7 Å². The van der Waals surface area contributed by atoms with E-state index in [0.29, 0.717) is 16.7 Å². The minimum atomic E-state index is -0.628. The van der Waals surface area contributed by atoms with E-state index < -0.39 is 23.0 Å². The van der Waals surface area contributed by atoms with Crippen molar-refractivity contribution in [2.45, 2.75) is 13.1 Å². The normalized spacial score (nSPS) is 11.2. The average Bonchev–Trinajstić information content (AvgIpc) is 3.21. The summed E-state index contributed by atoms with van der Waals surface area (Å²) in [5, 5.41) is 3.21. The van der Waals surface area contributed by atoms with Crippen LogP contribution in [0.3, 0.4) is 0 Å². The molecule has 0 bridgehead atoms. The van der Waals surface area contributed by atoms with Crippen molar-refractivity contribution in [2.24, 2.45) is 0 Å². The Hall–Kier alpha value is -4.46. The first-order valence-corrected chi connectivity index (χ1v) is 10.3. The monoisotopic (exact) mass is 443 g/mol. The molecule has 2 heterocycles. The zero-order chi connectivity index (χ0) is 22.9. The molecule has 0 atom stereocenters. The summed E-state index contributed by atoms with van der Waals surface area (Å²) in [7, 11) is 0. The van der Waals surface area contributed by atoms with E-state index in [4.69, 9.17) is 4.42 Å². The van der Waals surface area contributed by atoms with Crippen LogP contribution in [0.2, 0.25) is 0 Å². The molecule has 0 saturated heterocycles. The number of amides is 1. The molecule has 7 nitrogen and oxygen atoms in total. The van der Waals surface area contributed by atoms with Gasteiger partial charge in [0.25, 0.3) is 5.56 Å². The number of carbonyl (C=O) groups is 1. The lowest BCUT2D eigenvalue weighted by molar-refractivity contribution is -0.116. The maximum absolute atomic E-state index is 13.4. The Morgan fingerprint density at radius 3 is 2.33 bits per heavy atom. The van der Waals surface area contributed by atoms with Crippen LogP contribution < -0.4 is 16.6 Å². The maximum atomic E-state index is 13.4. The minimum absolute atomic E-state index is 0.00122. The van der Waals surface area contributed by atoms with Gasteiger partial charge in [-0.1, -0.05) is 42.5 Å². The van der Waals surface area contributed by atoms with Crippen LogP contribution in [0, 0.1) is 5.82 Å². The SMILES string of the molecule is O=C(Cn1c(=O)n(Cc2ccccc2)c(=O)c2oc3ccccc3c21)Nc1ccc(F)cc1. The summed E-state index contributed by atoms with van der Waals surface area (Å²) in [4.78, 5) is 39.4. The lowest BCUT2D eigenvalue weighted by atomic mass is 10.2. The van der Waals surface area contributed by atoms with Gasteiger partial charge >= 0.3 is 5.69 Å². The number of hydrogen-bond acceptors (Lipinski definition) is 4. The second kappa shape index (κ2) is 8.23. The fraction of sp³-hybridized carbons (Fsp3) is 0.0800. The zero-order valence-electron chi connectivity index (χ0n) is 17.3. The number of benzene rings is 3. The van der Waals surface area contributed by atoms with E-state index in [-0.39, 0.29) is 24.2 Å². The molecule has 1 amide bonds. The first-order chi connectivity index (χ1) is 16.0. The number of hydrogen-bond donors (Lipinski definition) is 1. The third kappa shape index (κ3) is 3.82. The molecule has 0 aliphatic carbocycles. The molecule has 0 fully saturated rings. The highest BCUT2D eigenvalue weighted by molar-refractivity contribution is 6.03. The summed E-state index contributed by atoms with van der Waals surface area (Å²) in [6.07, 6.45) is 0. The Labute approximate surface area is 186 Å². The number of nitrogens with zero attached hydrogens (tertiary/aromatic N) is 2. The van der Waals surface area contributed by atoms with E-state index in [0.717, 1.165) is 10.1 Å². The highest BCUT2D eigenvalue weighted by atomic mass is 19.1. The van der Waals surface area contributed by atoms with Gasteiger partial charge in [-0.15, -0.1) is 0 Å². The van der Waals surface area contributed by atoms with Gasteiger partial charge < -0.3 is 9.73 Å². The van der Waals surface area contributed by atoms with Crippen molar-refractivity contribution in [1.82, 2.24) is 9.13 Å². The van der Waals surface area contributed by atoms with E-state index in [2.05, 4.69) is 5.32 Å². The number of carbonyl (C=O) groups excluding carboxylic acids is 1. The zero-order valence-corrected chi connectivity index (χ0v) is 17.3. The summed E-state index contributed by atoms with van der Waals surface area (Å²) < 4.78 is 21.3. The highest BCUT2D eigenvalue weighted by Crippen LogP contribution is 2.25. The highest BCUT2D eigenvalue weighted by Gasteiger charge is 2.21. The molecular formula is C25H18FN3O4. The van der Waals surface area contributed by atoms with Crippen LogP contribution in [-0.2, 0) is 17.9 Å². The Balaban J connectivity index is 1.65. The molecule has 0 spiro atoms. The fourth-order valence-electron chi connectivity index (χ4n) is 3.83. The first kappa shape index (κ1) is 20.4. The summed E-state index contributed by atoms with van der Waals surface area (Å²) in [6.45, 7) is -0.323. The molecule has 0 radical (unpaired) electrons. The van der Waals surface area contributed by atoms with Crippen molar-refractivity contribution < 1.29 is 13.6 Å². The summed E-state index contributed by atoms with van der Waals surface area (Å²) in [5.74, 6) is -0.927. The topological polar surface area (TPSA) is 86.2 Å². The van der Waals surface area contributed by atoms with Gasteiger partial charge in [0.1, 0.15) is 23.5 Å². The first-order valence-electron chi connectivity index (χ1n) is 10.3. The van der Waals surface area contributed by atoms with Crippen molar-refractivity contribution >= 4 is 33.7 Å². The predicted octanol–water partition coefficient (Wildman–Crippen LogP) is 3.74. The van der Waals surface area contributed by atoms with E-state index >= 15 is 0 Å². The van der Waals surface area contributed by atoms with Crippen molar-refractivity contribution in [2.75, 3.05) is 5.32 Å². The summed E-state index contributed by atoms with van der Waals surface area (Å²) in [6, 6.07) is 21.3. The lowest BCUT2D eigenvalue weighted by Gasteiger charge is -2.12. The number of aromatic nitrogens is 2. The molecule has 5 aromatic rings. The fourth-order valence-corrected chi connectivity index (χ4v) is 3.83. The molecule has 0 aliphatic rings. The standard InChI is InChI=1S/C25H18FN3O4/c26-17-10-12-18(13-11-17)27-21(30)15-28-22-19-8-4-5-9-20(19)33-23(22)24(31)29(25(28)32)14-16-6-2-1-3-7-16/h1-13H,14-15H2,(H,27,30). The molecule has 0 aliphatic heterocycles. The van der Waals surface area contributed by atoms with Gasteiger partial charge in [-0.25, -0.2) is 9.18 Å². The van der Waals surface area contributed by atoms with Gasteiger partial charge in [0.15, 0.2) is 0 Å². The third-order valence-corrected chi connectivity index (χ3v) is 5.35. The molecule has 0 unspecified atom stereocenters. The lowest BCUT2D eigenvalue weighted by Crippen LogP contribution is -2.41. The molecule has 33 heavy (non-hydrogen) atoms. The molecule has 8 heteroatoms. The second-order valence-electron chi connectivity index (χ2n) is 7.58. The summed E-state index contributed by atoms with van der Waals surface area (Å²) >= 11 is 0. The number of fused-ring (bicyclic) bond motifs is 3. The Morgan fingerprint density at radius 2 is 1.58 bits per heavy atom. The van der Waals surface area contributed by atoms with E-state index in [1.165, 1.54) is 28.8 Å². The van der Waals surface area contributed by atoms with Crippen molar-refractivity contribution in [1.29, 1.82) is 0 Å². The number of furan rings is 1. The predicted molar refractivity (Wildman–Crippen MR) is 123 cm³/mol. The molecule has 3 aromatic carbocycles. The van der Waals surface area contributed by atoms with Crippen molar-refractivity contribution in [3.05, 3.63) is 111 Å². The molecule has 5 rings (SSSR count). The van der Waals surface area contributed by atoms with Crippen LogP contribution in [0.5, 0.6) is 0 Å². The number of anilines is 1. The van der Waals surface area contributed by atoms with Gasteiger partial charge in [-0.2, -0.15) is 0 Å². The summed E-state index contributed by atoms with van der Waals surface area (Å²) in [5.41, 5.74) is 0.659. The van der Waals surface area contributed by atoms with Crippen LogP contribution in [0.25, 0.3) is 22.1 Å². The third-order valence-electron chi connectivity index (χ3n) is 5.35. The van der Waals surface area contributed by atoms with E-state index in [1.807, 2.05) is 18.2 Å². The molecule has 1 N–H and O–H groups in total. The van der Waals surface area contributed by atoms with Crippen molar-refractivity contribution in [3.8, 4) is 0 Å². The number of para-hydroxylation sites is 1. The largest absolute Gasteiger partial charge is 0.449 e. The van der Waals surface area contributed by atoms with Gasteiger partial charge in [0.05, 0.1) is 6.54 Å². The number of rotatable bonds is 5. The van der Waals surface area contributed by atoms with Gasteiger partial charge in [-0.05, 0) is 42.0 Å².